The molecule has 0 saturated carbocycles. The molecule has 32 heavy (non-hydrogen) atoms. The maximum Gasteiger partial charge on any atom is 0.273 e. The molecular weight excluding hydrogens is 417 g/mol. The van der Waals surface area contributed by atoms with Crippen LogP contribution in [0.15, 0.2) is 72.3 Å². The molecule has 0 saturated heterocycles. The number of para-hydroxylation sites is 1. The summed E-state index contributed by atoms with van der Waals surface area (Å²) >= 11 is 0. The molecule has 160 valence electrons. The van der Waals surface area contributed by atoms with Crippen molar-refractivity contribution in [2.24, 2.45) is 0 Å². The fourth-order valence-electron chi connectivity index (χ4n) is 2.71. The average molecular weight is 433 g/mol. The number of amides is 1. The van der Waals surface area contributed by atoms with E-state index in [-0.39, 0.29) is 29.4 Å². The fraction of sp³-hybridized carbons (Fsp3) is 0.0435. The molecule has 0 aliphatic carbocycles. The summed E-state index contributed by atoms with van der Waals surface area (Å²) < 4.78 is 18.8. The van der Waals surface area contributed by atoms with Crippen LogP contribution < -0.4 is 10.1 Å². The monoisotopic (exact) mass is 433 g/mol. The van der Waals surface area contributed by atoms with E-state index in [0.717, 1.165) is 17.7 Å². The van der Waals surface area contributed by atoms with Crippen molar-refractivity contribution in [3.63, 3.8) is 0 Å². The Balaban J connectivity index is 1.78. The quantitative estimate of drug-likeness (QED) is 0.185. The summed E-state index contributed by atoms with van der Waals surface area (Å²) in [5.41, 5.74) is 0.485. The van der Waals surface area contributed by atoms with Crippen LogP contribution in [-0.2, 0) is 11.4 Å². The molecule has 3 aromatic rings. The van der Waals surface area contributed by atoms with E-state index in [2.05, 4.69) is 5.32 Å². The second kappa shape index (κ2) is 9.86. The van der Waals surface area contributed by atoms with E-state index < -0.39 is 16.6 Å². The van der Waals surface area contributed by atoms with Crippen LogP contribution in [0.1, 0.15) is 11.1 Å². The highest BCUT2D eigenvalue weighted by Gasteiger charge is 2.15. The van der Waals surface area contributed by atoms with E-state index in [1.165, 1.54) is 24.3 Å². The second-order valence-corrected chi connectivity index (χ2v) is 6.54. The molecule has 1 amide bonds. The molecule has 0 atom stereocenters. The van der Waals surface area contributed by atoms with Gasteiger partial charge in [0.15, 0.2) is 0 Å². The first-order valence-electron chi connectivity index (χ1n) is 9.24. The predicted molar refractivity (Wildman–Crippen MR) is 114 cm³/mol. The van der Waals surface area contributed by atoms with Crippen LogP contribution in [0.5, 0.6) is 11.5 Å². The van der Waals surface area contributed by atoms with E-state index in [1.807, 2.05) is 0 Å². The molecule has 0 fully saturated rings. The number of aromatic hydroxyl groups is 1. The number of non-ortho nitro benzene ring substituents is 1. The fourth-order valence-corrected chi connectivity index (χ4v) is 2.71. The Labute approximate surface area is 182 Å². The van der Waals surface area contributed by atoms with Crippen molar-refractivity contribution in [1.82, 2.24) is 0 Å². The third-order valence-electron chi connectivity index (χ3n) is 4.33. The Morgan fingerprint density at radius 3 is 2.56 bits per heavy atom. The summed E-state index contributed by atoms with van der Waals surface area (Å²) in [7, 11) is 0. The number of phenolic OH excluding ortho intramolecular Hbond substituents is 1. The van der Waals surface area contributed by atoms with Gasteiger partial charge in [0.05, 0.1) is 16.7 Å². The molecule has 3 aromatic carbocycles. The second-order valence-electron chi connectivity index (χ2n) is 6.54. The topological polar surface area (TPSA) is 125 Å². The van der Waals surface area contributed by atoms with Gasteiger partial charge in [0.2, 0.25) is 0 Å². The number of carbonyl (C=O) groups is 1. The number of nitrogens with one attached hydrogen (secondary N) is 1. The minimum atomic E-state index is -0.815. The molecule has 0 heterocycles. The summed E-state index contributed by atoms with van der Waals surface area (Å²) in [5, 5.41) is 32.5. The number of nitro groups is 1. The van der Waals surface area contributed by atoms with Crippen LogP contribution in [0, 0.1) is 27.3 Å². The van der Waals surface area contributed by atoms with Gasteiger partial charge in [-0.25, -0.2) is 4.39 Å². The SMILES string of the molecule is N#CC(=Cc1ccccc1OCc1ccc(F)cc1)C(=O)Nc1ccc([N+](=O)[O-])cc1O. The highest BCUT2D eigenvalue weighted by molar-refractivity contribution is 6.10. The number of rotatable bonds is 7. The van der Waals surface area contributed by atoms with Crippen LogP contribution >= 0.6 is 0 Å². The number of halogens is 1. The number of carbonyl (C=O) groups excluding carboxylic acids is 1. The van der Waals surface area contributed by atoms with Crippen molar-refractivity contribution in [2.75, 3.05) is 5.32 Å². The summed E-state index contributed by atoms with van der Waals surface area (Å²) in [5.74, 6) is -1.28. The number of hydrogen-bond donors (Lipinski definition) is 2. The minimum absolute atomic E-state index is 0.0809. The molecule has 0 radical (unpaired) electrons. The van der Waals surface area contributed by atoms with Gasteiger partial charge in [0.25, 0.3) is 11.6 Å². The minimum Gasteiger partial charge on any atom is -0.506 e. The zero-order chi connectivity index (χ0) is 23.1. The number of hydrogen-bond acceptors (Lipinski definition) is 6. The first-order chi connectivity index (χ1) is 15.4. The van der Waals surface area contributed by atoms with Crippen LogP contribution in [0.25, 0.3) is 6.08 Å². The molecular formula is C23H16FN3O5. The Kier molecular flexibility index (Phi) is 6.78. The first-order valence-corrected chi connectivity index (χ1v) is 9.24. The normalized spacial score (nSPS) is 10.8. The number of benzene rings is 3. The van der Waals surface area contributed by atoms with Crippen molar-refractivity contribution < 1.29 is 24.0 Å². The molecule has 0 spiro atoms. The van der Waals surface area contributed by atoms with E-state index >= 15 is 0 Å². The van der Waals surface area contributed by atoms with Crippen molar-refractivity contribution in [1.29, 1.82) is 5.26 Å². The van der Waals surface area contributed by atoms with Gasteiger partial charge in [-0.1, -0.05) is 30.3 Å². The third kappa shape index (κ3) is 5.46. The molecule has 0 unspecified atom stereocenters. The Bertz CT molecular complexity index is 1230. The van der Waals surface area contributed by atoms with Crippen molar-refractivity contribution in [3.8, 4) is 17.6 Å². The van der Waals surface area contributed by atoms with Gasteiger partial charge in [-0.15, -0.1) is 0 Å². The predicted octanol–water partition coefficient (Wildman–Crippen LogP) is 4.56. The molecule has 0 aliphatic heterocycles. The molecule has 0 aliphatic rings. The lowest BCUT2D eigenvalue weighted by Crippen LogP contribution is -2.13. The van der Waals surface area contributed by atoms with Gasteiger partial charge < -0.3 is 15.2 Å². The summed E-state index contributed by atoms with van der Waals surface area (Å²) in [4.78, 5) is 22.6. The molecule has 0 bridgehead atoms. The van der Waals surface area contributed by atoms with E-state index in [9.17, 15) is 29.7 Å². The van der Waals surface area contributed by atoms with Gasteiger partial charge in [0.1, 0.15) is 35.6 Å². The standard InChI is InChI=1S/C23H16FN3O5/c24-18-7-5-15(6-8-18)14-32-22-4-2-1-3-16(22)11-17(13-25)23(29)26-20-10-9-19(27(30)31)12-21(20)28/h1-12,28H,14H2,(H,26,29). The van der Waals surface area contributed by atoms with Crippen LogP contribution in [0.4, 0.5) is 15.8 Å². The zero-order valence-corrected chi connectivity index (χ0v) is 16.5. The Morgan fingerprint density at radius 2 is 1.91 bits per heavy atom. The molecule has 2 N–H and O–H groups in total. The summed E-state index contributed by atoms with van der Waals surface area (Å²) in [6.07, 6.45) is 1.32. The maximum atomic E-state index is 13.0. The highest BCUT2D eigenvalue weighted by atomic mass is 19.1. The van der Waals surface area contributed by atoms with Crippen LogP contribution in [0.3, 0.4) is 0 Å². The third-order valence-corrected chi connectivity index (χ3v) is 4.33. The summed E-state index contributed by atoms with van der Waals surface area (Å²) in [6, 6.07) is 17.5. The van der Waals surface area contributed by atoms with Crippen molar-refractivity contribution in [2.45, 2.75) is 6.61 Å². The lowest BCUT2D eigenvalue weighted by atomic mass is 10.1. The van der Waals surface area contributed by atoms with Gasteiger partial charge in [-0.05, 0) is 35.9 Å². The van der Waals surface area contributed by atoms with Crippen molar-refractivity contribution >= 4 is 23.4 Å². The van der Waals surface area contributed by atoms with Gasteiger partial charge in [-0.3, -0.25) is 14.9 Å². The Morgan fingerprint density at radius 1 is 1.19 bits per heavy atom. The molecule has 9 heteroatoms. The van der Waals surface area contributed by atoms with Gasteiger partial charge in [-0.2, -0.15) is 5.26 Å². The molecule has 3 rings (SSSR count). The van der Waals surface area contributed by atoms with Crippen LogP contribution in [-0.4, -0.2) is 15.9 Å². The number of anilines is 1. The largest absolute Gasteiger partial charge is 0.506 e. The van der Waals surface area contributed by atoms with Gasteiger partial charge >= 0.3 is 0 Å². The lowest BCUT2D eigenvalue weighted by Gasteiger charge is -2.10. The molecule has 0 aromatic heterocycles. The van der Waals surface area contributed by atoms with E-state index in [0.29, 0.717) is 11.3 Å². The smallest absolute Gasteiger partial charge is 0.273 e. The number of phenols is 1. The van der Waals surface area contributed by atoms with E-state index in [4.69, 9.17) is 4.74 Å². The van der Waals surface area contributed by atoms with Crippen molar-refractivity contribution in [3.05, 3.63) is 99.4 Å². The number of nitriles is 1. The average Bonchev–Trinajstić information content (AvgIpc) is 2.78. The van der Waals surface area contributed by atoms with Gasteiger partial charge in [0, 0.05) is 11.6 Å². The molecule has 8 nitrogen and oxygen atoms in total. The number of nitrogens with zero attached hydrogens (tertiary/aromatic N) is 2. The van der Waals surface area contributed by atoms with E-state index in [1.54, 1.807) is 42.5 Å². The Hall–Kier alpha value is -4.71. The number of ether oxygens (including phenoxy) is 1. The maximum absolute atomic E-state index is 13.0. The lowest BCUT2D eigenvalue weighted by molar-refractivity contribution is -0.384. The van der Waals surface area contributed by atoms with Crippen LogP contribution in [0.2, 0.25) is 0 Å². The highest BCUT2D eigenvalue weighted by Crippen LogP contribution is 2.29. The first kappa shape index (κ1) is 22.0. The zero-order valence-electron chi connectivity index (χ0n) is 16.5. The number of nitro benzene ring substituents is 1. The summed E-state index contributed by atoms with van der Waals surface area (Å²) in [6.45, 7) is 0.149.